The molecule has 0 aromatic rings. The zero-order valence-corrected chi connectivity index (χ0v) is 16.6. The molecule has 0 aromatic carbocycles. The van der Waals surface area contributed by atoms with Crippen LogP contribution in [-0.2, 0) is 0 Å². The predicted molar refractivity (Wildman–Crippen MR) is 107 cm³/mol. The van der Waals surface area contributed by atoms with E-state index >= 15 is 0 Å². The molecule has 0 aromatic heterocycles. The van der Waals surface area contributed by atoms with Gasteiger partial charge in [-0.25, -0.2) is 0 Å². The van der Waals surface area contributed by atoms with E-state index in [0.717, 1.165) is 38.9 Å². The van der Waals surface area contributed by atoms with E-state index < -0.39 is 0 Å². The van der Waals surface area contributed by atoms with Gasteiger partial charge < -0.3 is 15.5 Å². The third-order valence-electron chi connectivity index (χ3n) is 3.89. The van der Waals surface area contributed by atoms with Crippen LogP contribution in [0.2, 0.25) is 0 Å². The van der Waals surface area contributed by atoms with Crippen molar-refractivity contribution in [2.45, 2.75) is 53.4 Å². The molecule has 24 heavy (non-hydrogen) atoms. The van der Waals surface area contributed by atoms with Gasteiger partial charge in [0.25, 0.3) is 0 Å². The smallest absolute Gasteiger partial charge is 0.0873 e. The van der Waals surface area contributed by atoms with Crippen molar-refractivity contribution in [3.05, 3.63) is 23.5 Å². The van der Waals surface area contributed by atoms with E-state index in [2.05, 4.69) is 51.2 Å². The first-order chi connectivity index (χ1) is 11.2. The van der Waals surface area contributed by atoms with Crippen LogP contribution in [0.5, 0.6) is 0 Å². The van der Waals surface area contributed by atoms with Crippen LogP contribution in [-0.4, -0.2) is 55.1 Å². The molecule has 138 valence electrons. The molecule has 1 aliphatic rings. The van der Waals surface area contributed by atoms with Gasteiger partial charge in [-0.05, 0) is 66.2 Å². The lowest BCUT2D eigenvalue weighted by atomic mass is 10.1. The predicted octanol–water partition coefficient (Wildman–Crippen LogP) is 3.63. The standard InChI is InChI=1S/C17H31N3.C2H6N2/c1-7-15(3)18-17-10-12-20(13-14(17)2)16(4)9-8-11-19(5)6;1-2(3)4/h4,7-13H2,1-3,5-6H3;1H3,(H3,3,4). The second-order valence-electron chi connectivity index (χ2n) is 6.76. The summed E-state index contributed by atoms with van der Waals surface area (Å²) >= 11 is 0. The van der Waals surface area contributed by atoms with Gasteiger partial charge in [0.2, 0.25) is 0 Å². The Morgan fingerprint density at radius 1 is 1.38 bits per heavy atom. The monoisotopic (exact) mass is 335 g/mol. The summed E-state index contributed by atoms with van der Waals surface area (Å²) in [5, 5.41) is 6.28. The molecule has 0 aliphatic carbocycles. The van der Waals surface area contributed by atoms with Crippen molar-refractivity contribution in [2.75, 3.05) is 33.7 Å². The van der Waals surface area contributed by atoms with Gasteiger partial charge in [-0.3, -0.25) is 10.4 Å². The topological polar surface area (TPSA) is 68.7 Å². The molecule has 1 aliphatic heterocycles. The van der Waals surface area contributed by atoms with Crippen LogP contribution in [0.1, 0.15) is 53.4 Å². The highest BCUT2D eigenvalue weighted by atomic mass is 15.1. The highest BCUT2D eigenvalue weighted by molar-refractivity contribution is 5.82. The fraction of sp³-hybridized carbons (Fsp3) is 0.684. The maximum Gasteiger partial charge on any atom is 0.0873 e. The fourth-order valence-electron chi connectivity index (χ4n) is 2.40. The zero-order chi connectivity index (χ0) is 18.7. The molecule has 1 rings (SSSR count). The summed E-state index contributed by atoms with van der Waals surface area (Å²) in [5.41, 5.74) is 9.90. The zero-order valence-electron chi connectivity index (χ0n) is 16.6. The number of nitrogens with one attached hydrogen (secondary N) is 1. The minimum Gasteiger partial charge on any atom is -0.388 e. The summed E-state index contributed by atoms with van der Waals surface area (Å²) in [6, 6.07) is 0. The van der Waals surface area contributed by atoms with Crippen LogP contribution in [0.4, 0.5) is 0 Å². The largest absolute Gasteiger partial charge is 0.388 e. The van der Waals surface area contributed by atoms with Gasteiger partial charge in [-0.2, -0.15) is 0 Å². The van der Waals surface area contributed by atoms with Gasteiger partial charge >= 0.3 is 0 Å². The fourth-order valence-corrected chi connectivity index (χ4v) is 2.40. The number of aliphatic imine (C=N–C) groups is 1. The van der Waals surface area contributed by atoms with Crippen LogP contribution in [0.3, 0.4) is 0 Å². The number of rotatable bonds is 7. The maximum atomic E-state index is 6.28. The molecule has 1 heterocycles. The summed E-state index contributed by atoms with van der Waals surface area (Å²) in [6.07, 6.45) is 4.37. The molecule has 5 heteroatoms. The molecule has 0 saturated carbocycles. The third kappa shape index (κ3) is 10.2. The summed E-state index contributed by atoms with van der Waals surface area (Å²) in [5.74, 6) is 0.167. The van der Waals surface area contributed by atoms with E-state index in [9.17, 15) is 0 Å². The maximum absolute atomic E-state index is 6.28. The Labute approximate surface area is 148 Å². The lowest BCUT2D eigenvalue weighted by Crippen LogP contribution is -2.30. The first kappa shape index (κ1) is 22.4. The molecule has 0 atom stereocenters. The Morgan fingerprint density at radius 2 is 1.96 bits per heavy atom. The van der Waals surface area contributed by atoms with Crippen LogP contribution in [0, 0.1) is 5.41 Å². The molecule has 0 saturated heterocycles. The lowest BCUT2D eigenvalue weighted by molar-refractivity contribution is 0.331. The molecule has 3 N–H and O–H groups in total. The number of amidine groups is 1. The Bertz CT molecular complexity index is 470. The summed E-state index contributed by atoms with van der Waals surface area (Å²) in [4.78, 5) is 9.40. The van der Waals surface area contributed by atoms with E-state index in [1.54, 1.807) is 0 Å². The van der Waals surface area contributed by atoms with Gasteiger partial charge in [0, 0.05) is 36.6 Å². The van der Waals surface area contributed by atoms with Gasteiger partial charge in [0.05, 0.1) is 5.84 Å². The van der Waals surface area contributed by atoms with Crippen LogP contribution in [0.25, 0.3) is 0 Å². The van der Waals surface area contributed by atoms with E-state index in [0.29, 0.717) is 0 Å². The minimum atomic E-state index is 0.167. The second-order valence-corrected chi connectivity index (χ2v) is 6.76. The van der Waals surface area contributed by atoms with Crippen LogP contribution in [0.15, 0.2) is 28.5 Å². The summed E-state index contributed by atoms with van der Waals surface area (Å²) in [7, 11) is 4.24. The molecule has 0 unspecified atom stereocenters. The van der Waals surface area contributed by atoms with Crippen molar-refractivity contribution >= 4 is 11.5 Å². The highest BCUT2D eigenvalue weighted by Crippen LogP contribution is 2.23. The van der Waals surface area contributed by atoms with Crippen molar-refractivity contribution in [1.29, 1.82) is 5.41 Å². The summed E-state index contributed by atoms with van der Waals surface area (Å²) < 4.78 is 0. The highest BCUT2D eigenvalue weighted by Gasteiger charge is 2.17. The van der Waals surface area contributed by atoms with E-state index in [1.165, 1.54) is 36.0 Å². The van der Waals surface area contributed by atoms with Gasteiger partial charge in [0.1, 0.15) is 0 Å². The Morgan fingerprint density at radius 3 is 2.42 bits per heavy atom. The molecular weight excluding hydrogens is 298 g/mol. The number of hydrogen-bond donors (Lipinski definition) is 2. The van der Waals surface area contributed by atoms with E-state index in [-0.39, 0.29) is 5.84 Å². The van der Waals surface area contributed by atoms with Crippen molar-refractivity contribution in [1.82, 2.24) is 9.80 Å². The second kappa shape index (κ2) is 11.8. The molecule has 0 amide bonds. The third-order valence-corrected chi connectivity index (χ3v) is 3.89. The first-order valence-corrected chi connectivity index (χ1v) is 8.78. The average Bonchev–Trinajstić information content (AvgIpc) is 2.48. The van der Waals surface area contributed by atoms with E-state index in [4.69, 9.17) is 16.1 Å². The number of nitrogens with two attached hydrogens (primary N) is 1. The number of nitrogens with zero attached hydrogens (tertiary/aromatic N) is 3. The van der Waals surface area contributed by atoms with Crippen LogP contribution < -0.4 is 5.73 Å². The Balaban J connectivity index is 0.00000118. The van der Waals surface area contributed by atoms with Gasteiger partial charge in [-0.15, -0.1) is 0 Å². The van der Waals surface area contributed by atoms with Crippen LogP contribution >= 0.6 is 0 Å². The molecule has 0 bridgehead atoms. The molecule has 0 spiro atoms. The number of allylic oxidation sites excluding steroid dienone is 1. The lowest BCUT2D eigenvalue weighted by Gasteiger charge is -2.32. The molecular formula is C19H37N5. The SMILES string of the molecule is C=C(CCCN(C)C)N1CCC(N=C(C)CC)=C(C)C1.CC(=N)N. The average molecular weight is 336 g/mol. The number of hydrogen-bond acceptors (Lipinski definition) is 4. The Kier molecular flexibility index (Phi) is 11.0. The van der Waals surface area contributed by atoms with E-state index in [1.807, 2.05) is 0 Å². The van der Waals surface area contributed by atoms with Crippen molar-refractivity contribution in [2.24, 2.45) is 10.7 Å². The van der Waals surface area contributed by atoms with Crippen molar-refractivity contribution < 1.29 is 0 Å². The molecule has 5 nitrogen and oxygen atoms in total. The normalized spacial score (nSPS) is 15.3. The minimum absolute atomic E-state index is 0.167. The van der Waals surface area contributed by atoms with Crippen molar-refractivity contribution in [3.8, 4) is 0 Å². The van der Waals surface area contributed by atoms with Gasteiger partial charge in [-0.1, -0.05) is 13.5 Å². The molecule has 0 fully saturated rings. The Hall–Kier alpha value is -1.62. The first-order valence-electron chi connectivity index (χ1n) is 8.78. The quantitative estimate of drug-likeness (QED) is 0.551. The van der Waals surface area contributed by atoms with Crippen molar-refractivity contribution in [3.63, 3.8) is 0 Å². The van der Waals surface area contributed by atoms with Gasteiger partial charge in [0.15, 0.2) is 0 Å². The summed E-state index contributed by atoms with van der Waals surface area (Å²) in [6.45, 7) is 15.5. The molecule has 0 radical (unpaired) electrons.